The fourth-order valence-corrected chi connectivity index (χ4v) is 5.75. The zero-order valence-electron chi connectivity index (χ0n) is 15.4. The highest BCUT2D eigenvalue weighted by Crippen LogP contribution is 2.52. The molecule has 1 aliphatic rings. The highest BCUT2D eigenvalue weighted by Gasteiger charge is 2.45. The van der Waals surface area contributed by atoms with E-state index in [1.165, 1.54) is 4.31 Å². The Labute approximate surface area is 170 Å². The molecule has 0 aromatic heterocycles. The molecule has 0 fully saturated rings. The molecule has 3 aromatic rings. The number of aryl methyl sites for hydroxylation is 1. The van der Waals surface area contributed by atoms with E-state index in [0.29, 0.717) is 10.7 Å². The highest BCUT2D eigenvalue weighted by atomic mass is 35.5. The average molecular weight is 410 g/mol. The Morgan fingerprint density at radius 2 is 1.54 bits per heavy atom. The van der Waals surface area contributed by atoms with Gasteiger partial charge in [0.2, 0.25) is 0 Å². The number of sulfonamides is 1. The Kier molecular flexibility index (Phi) is 4.77. The maximum Gasteiger partial charge on any atom is 0.264 e. The van der Waals surface area contributed by atoms with Crippen molar-refractivity contribution in [2.24, 2.45) is 0 Å². The number of fused-ring (bicyclic) bond motifs is 1. The lowest BCUT2D eigenvalue weighted by Gasteiger charge is -2.30. The van der Waals surface area contributed by atoms with Gasteiger partial charge in [-0.2, -0.15) is 0 Å². The predicted octanol–water partition coefficient (Wildman–Crippen LogP) is 5.87. The van der Waals surface area contributed by atoms with E-state index >= 15 is 0 Å². The molecule has 0 saturated carbocycles. The van der Waals surface area contributed by atoms with Crippen molar-refractivity contribution in [3.63, 3.8) is 0 Å². The molecule has 0 saturated heterocycles. The van der Waals surface area contributed by atoms with Gasteiger partial charge < -0.3 is 0 Å². The smallest absolute Gasteiger partial charge is 0.258 e. The van der Waals surface area contributed by atoms with E-state index in [2.05, 4.69) is 6.58 Å². The van der Waals surface area contributed by atoms with Crippen LogP contribution in [0.4, 0.5) is 5.69 Å². The maximum atomic E-state index is 13.7. The number of hydrogen-bond acceptors (Lipinski definition) is 2. The van der Waals surface area contributed by atoms with Crippen LogP contribution in [0.1, 0.15) is 28.7 Å². The highest BCUT2D eigenvalue weighted by molar-refractivity contribution is 7.92. The van der Waals surface area contributed by atoms with Crippen LogP contribution in [-0.4, -0.2) is 8.42 Å². The van der Waals surface area contributed by atoms with Crippen LogP contribution in [0.2, 0.25) is 5.02 Å². The molecule has 142 valence electrons. The first-order valence-corrected chi connectivity index (χ1v) is 10.8. The van der Waals surface area contributed by atoms with E-state index in [9.17, 15) is 8.42 Å². The summed E-state index contributed by atoms with van der Waals surface area (Å²) in [4.78, 5) is 0.259. The minimum atomic E-state index is -3.80. The Morgan fingerprint density at radius 3 is 2.18 bits per heavy atom. The molecule has 3 nitrogen and oxygen atoms in total. The third kappa shape index (κ3) is 2.93. The molecule has 0 N–H and O–H groups in total. The summed E-state index contributed by atoms with van der Waals surface area (Å²) in [6.07, 6.45) is 1.80. The second-order valence-electron chi connectivity index (χ2n) is 6.90. The van der Waals surface area contributed by atoms with Crippen LogP contribution in [0.3, 0.4) is 0 Å². The summed E-state index contributed by atoms with van der Waals surface area (Å²) >= 11 is 6.50. The van der Waals surface area contributed by atoms with E-state index in [4.69, 9.17) is 11.6 Å². The summed E-state index contributed by atoms with van der Waals surface area (Å²) in [7, 11) is -3.80. The Balaban J connectivity index is 1.97. The number of benzene rings is 3. The molecule has 1 heterocycles. The summed E-state index contributed by atoms with van der Waals surface area (Å²) < 4.78 is 28.9. The summed E-state index contributed by atoms with van der Waals surface area (Å²) in [6, 6.07) is 21.4. The summed E-state index contributed by atoms with van der Waals surface area (Å²) in [5, 5.41) is 0.538. The first-order valence-electron chi connectivity index (χ1n) is 9.02. The fourth-order valence-electron chi connectivity index (χ4n) is 3.83. The van der Waals surface area contributed by atoms with E-state index < -0.39 is 16.1 Å². The molecule has 5 heteroatoms. The molecule has 0 unspecified atom stereocenters. The lowest BCUT2D eigenvalue weighted by Crippen LogP contribution is -2.33. The summed E-state index contributed by atoms with van der Waals surface area (Å²) in [5.74, 6) is -0.198. The number of para-hydroxylation sites is 1. The van der Waals surface area contributed by atoms with Crippen molar-refractivity contribution < 1.29 is 8.42 Å². The van der Waals surface area contributed by atoms with Gasteiger partial charge in [-0.1, -0.05) is 71.8 Å². The molecule has 0 spiro atoms. The lowest BCUT2D eigenvalue weighted by molar-refractivity contribution is 0.576. The van der Waals surface area contributed by atoms with Gasteiger partial charge in [-0.05, 0) is 42.3 Å². The van der Waals surface area contributed by atoms with Gasteiger partial charge in [-0.15, -0.1) is 6.58 Å². The number of halogens is 1. The average Bonchev–Trinajstić information content (AvgIpc) is 3.03. The normalized spacial score (nSPS) is 18.7. The van der Waals surface area contributed by atoms with Crippen molar-refractivity contribution in [3.05, 3.63) is 107 Å². The molecular weight excluding hydrogens is 390 g/mol. The maximum absolute atomic E-state index is 13.7. The summed E-state index contributed by atoms with van der Waals surface area (Å²) in [5.41, 5.74) is 3.37. The Morgan fingerprint density at radius 1 is 0.929 bits per heavy atom. The number of nitrogens with zero attached hydrogens (tertiary/aromatic N) is 1. The van der Waals surface area contributed by atoms with Gasteiger partial charge >= 0.3 is 0 Å². The van der Waals surface area contributed by atoms with Crippen LogP contribution in [0.5, 0.6) is 0 Å². The van der Waals surface area contributed by atoms with Crippen molar-refractivity contribution in [1.82, 2.24) is 0 Å². The molecule has 2 atom stereocenters. The molecule has 4 rings (SSSR count). The van der Waals surface area contributed by atoms with Crippen LogP contribution in [0.15, 0.2) is 90.3 Å². The van der Waals surface area contributed by atoms with Gasteiger partial charge in [-0.25, -0.2) is 8.42 Å². The lowest BCUT2D eigenvalue weighted by atomic mass is 9.90. The largest absolute Gasteiger partial charge is 0.264 e. The second-order valence-corrected chi connectivity index (χ2v) is 9.12. The van der Waals surface area contributed by atoms with Crippen LogP contribution < -0.4 is 4.31 Å². The quantitative estimate of drug-likeness (QED) is 0.505. The number of rotatable bonds is 4. The van der Waals surface area contributed by atoms with E-state index in [-0.39, 0.29) is 10.8 Å². The van der Waals surface area contributed by atoms with Crippen molar-refractivity contribution in [3.8, 4) is 0 Å². The van der Waals surface area contributed by atoms with Crippen molar-refractivity contribution in [1.29, 1.82) is 0 Å². The number of anilines is 1. The van der Waals surface area contributed by atoms with Gasteiger partial charge in [0, 0.05) is 10.9 Å². The standard InChI is InChI=1S/C23H20ClNO2S/c1-3-18-19-8-5-7-11-22(19)25(23(18)20-9-4-6-10-21(20)24)28(26,27)17-14-12-16(2)13-15-17/h3-15,18,23H,1H2,2H3/t18-,23-/m0/s1. The third-order valence-corrected chi connectivity index (χ3v) is 7.34. The molecule has 0 bridgehead atoms. The van der Waals surface area contributed by atoms with E-state index in [0.717, 1.165) is 16.7 Å². The minimum Gasteiger partial charge on any atom is -0.258 e. The van der Waals surface area contributed by atoms with Crippen LogP contribution >= 0.6 is 11.6 Å². The monoisotopic (exact) mass is 409 g/mol. The zero-order chi connectivity index (χ0) is 19.9. The van der Waals surface area contributed by atoms with E-state index in [1.807, 2.05) is 61.5 Å². The van der Waals surface area contributed by atoms with Gasteiger partial charge in [0.15, 0.2) is 0 Å². The Bertz CT molecular complexity index is 1140. The first kappa shape index (κ1) is 18.8. The zero-order valence-corrected chi connectivity index (χ0v) is 17.0. The van der Waals surface area contributed by atoms with Crippen LogP contribution in [-0.2, 0) is 10.0 Å². The molecule has 0 radical (unpaired) electrons. The van der Waals surface area contributed by atoms with Gasteiger partial charge in [0.1, 0.15) is 0 Å². The van der Waals surface area contributed by atoms with Crippen molar-refractivity contribution >= 4 is 27.3 Å². The Hall–Kier alpha value is -2.56. The SMILES string of the molecule is C=C[C@H]1c2ccccc2N(S(=O)(=O)c2ccc(C)cc2)[C@@H]1c1ccccc1Cl. The van der Waals surface area contributed by atoms with Crippen molar-refractivity contribution in [2.45, 2.75) is 23.8 Å². The fraction of sp³-hybridized carbons (Fsp3) is 0.130. The van der Waals surface area contributed by atoms with Gasteiger partial charge in [-0.3, -0.25) is 4.31 Å². The molecule has 0 amide bonds. The van der Waals surface area contributed by atoms with Gasteiger partial charge in [0.25, 0.3) is 10.0 Å². The minimum absolute atomic E-state index is 0.198. The topological polar surface area (TPSA) is 37.4 Å². The van der Waals surface area contributed by atoms with Gasteiger partial charge in [0.05, 0.1) is 16.6 Å². The van der Waals surface area contributed by atoms with E-state index in [1.54, 1.807) is 24.3 Å². The molecule has 28 heavy (non-hydrogen) atoms. The first-order chi connectivity index (χ1) is 13.4. The van der Waals surface area contributed by atoms with Crippen LogP contribution in [0, 0.1) is 6.92 Å². The predicted molar refractivity (Wildman–Crippen MR) is 114 cm³/mol. The molecule has 3 aromatic carbocycles. The third-order valence-electron chi connectivity index (χ3n) is 5.18. The molecular formula is C23H20ClNO2S. The van der Waals surface area contributed by atoms with Crippen molar-refractivity contribution in [2.75, 3.05) is 4.31 Å². The second kappa shape index (κ2) is 7.12. The molecule has 1 aliphatic heterocycles. The number of hydrogen-bond donors (Lipinski definition) is 0. The summed E-state index contributed by atoms with van der Waals surface area (Å²) in [6.45, 7) is 5.92. The van der Waals surface area contributed by atoms with Crippen LogP contribution in [0.25, 0.3) is 0 Å². The molecule has 0 aliphatic carbocycles.